The smallest absolute Gasteiger partial charge is 0.0824 e. The summed E-state index contributed by atoms with van der Waals surface area (Å²) in [6, 6.07) is 10.7. The molecule has 1 saturated heterocycles. The zero-order valence-electron chi connectivity index (χ0n) is 9.20. The fourth-order valence-corrected chi connectivity index (χ4v) is 2.70. The van der Waals surface area contributed by atoms with E-state index in [2.05, 4.69) is 77.0 Å². The Hall–Kier alpha value is -0.290. The van der Waals surface area contributed by atoms with Gasteiger partial charge in [-0.15, -0.1) is 0 Å². The fourth-order valence-electron chi connectivity index (χ4n) is 2.05. The van der Waals surface area contributed by atoms with Crippen LogP contribution in [0.5, 0.6) is 0 Å². The standard InChI is InChI=1S/C12H17IN2/c1-12(2)11(13)14-8-9-15(12)10-6-4-3-5-7-10/h3-7,11,14H,8-9H2,1-2H3. The molecule has 1 N–H and O–H groups in total. The number of para-hydroxylation sites is 1. The molecular weight excluding hydrogens is 299 g/mol. The highest BCUT2D eigenvalue weighted by molar-refractivity contribution is 14.1. The van der Waals surface area contributed by atoms with Gasteiger partial charge in [0.15, 0.2) is 0 Å². The van der Waals surface area contributed by atoms with Crippen molar-refractivity contribution in [2.24, 2.45) is 0 Å². The van der Waals surface area contributed by atoms with Crippen molar-refractivity contribution in [2.45, 2.75) is 23.4 Å². The van der Waals surface area contributed by atoms with Crippen molar-refractivity contribution < 1.29 is 0 Å². The number of halogens is 1. The summed E-state index contributed by atoms with van der Waals surface area (Å²) in [6.45, 7) is 6.73. The number of anilines is 1. The number of benzene rings is 1. The molecular formula is C12H17IN2. The largest absolute Gasteiger partial charge is 0.363 e. The van der Waals surface area contributed by atoms with Crippen LogP contribution in [0.25, 0.3) is 0 Å². The molecule has 0 radical (unpaired) electrons. The third kappa shape index (κ3) is 2.13. The maximum Gasteiger partial charge on any atom is 0.0824 e. The first-order chi connectivity index (χ1) is 7.12. The van der Waals surface area contributed by atoms with Crippen molar-refractivity contribution in [1.29, 1.82) is 0 Å². The van der Waals surface area contributed by atoms with Crippen molar-refractivity contribution >= 4 is 28.3 Å². The van der Waals surface area contributed by atoms with Gasteiger partial charge in [0.2, 0.25) is 0 Å². The molecule has 0 saturated carbocycles. The highest BCUT2D eigenvalue weighted by Gasteiger charge is 2.36. The number of hydrogen-bond donors (Lipinski definition) is 1. The first-order valence-electron chi connectivity index (χ1n) is 5.32. The monoisotopic (exact) mass is 316 g/mol. The van der Waals surface area contributed by atoms with Gasteiger partial charge >= 0.3 is 0 Å². The van der Waals surface area contributed by atoms with Gasteiger partial charge in [-0.3, -0.25) is 0 Å². The average molecular weight is 316 g/mol. The summed E-state index contributed by atoms with van der Waals surface area (Å²) >= 11 is 2.49. The van der Waals surface area contributed by atoms with Crippen LogP contribution in [0.4, 0.5) is 5.69 Å². The van der Waals surface area contributed by atoms with Crippen LogP contribution in [0.15, 0.2) is 30.3 Å². The lowest BCUT2D eigenvalue weighted by molar-refractivity contribution is 0.366. The Morgan fingerprint density at radius 1 is 1.33 bits per heavy atom. The van der Waals surface area contributed by atoms with Crippen LogP contribution in [-0.2, 0) is 0 Å². The summed E-state index contributed by atoms with van der Waals surface area (Å²) in [4.78, 5) is 2.49. The third-order valence-electron chi connectivity index (χ3n) is 3.04. The van der Waals surface area contributed by atoms with Gasteiger partial charge < -0.3 is 10.2 Å². The number of alkyl halides is 1. The zero-order chi connectivity index (χ0) is 10.9. The second-order valence-corrected chi connectivity index (χ2v) is 5.70. The van der Waals surface area contributed by atoms with Gasteiger partial charge in [0.1, 0.15) is 0 Å². The maximum atomic E-state index is 3.52. The van der Waals surface area contributed by atoms with E-state index in [1.165, 1.54) is 5.69 Å². The summed E-state index contributed by atoms with van der Waals surface area (Å²) in [6.07, 6.45) is 0. The van der Waals surface area contributed by atoms with E-state index in [0.717, 1.165) is 13.1 Å². The van der Waals surface area contributed by atoms with Crippen LogP contribution in [-0.4, -0.2) is 22.7 Å². The van der Waals surface area contributed by atoms with Crippen molar-refractivity contribution in [3.05, 3.63) is 30.3 Å². The summed E-state index contributed by atoms with van der Waals surface area (Å²) in [5.74, 6) is 0. The molecule has 0 amide bonds. The molecule has 0 aromatic heterocycles. The van der Waals surface area contributed by atoms with E-state index in [-0.39, 0.29) is 5.54 Å². The summed E-state index contributed by atoms with van der Waals surface area (Å²) in [7, 11) is 0. The van der Waals surface area contributed by atoms with Crippen LogP contribution in [0.2, 0.25) is 0 Å². The molecule has 0 spiro atoms. The molecule has 1 aliphatic rings. The van der Waals surface area contributed by atoms with Crippen molar-refractivity contribution in [3.63, 3.8) is 0 Å². The van der Waals surface area contributed by atoms with Crippen LogP contribution >= 0.6 is 22.6 Å². The molecule has 1 aliphatic heterocycles. The van der Waals surface area contributed by atoms with Crippen LogP contribution < -0.4 is 10.2 Å². The predicted octanol–water partition coefficient (Wildman–Crippen LogP) is 2.64. The second-order valence-electron chi connectivity index (χ2n) is 4.46. The SMILES string of the molecule is CC1(C)C(I)NCCN1c1ccccc1. The van der Waals surface area contributed by atoms with Crippen molar-refractivity contribution in [1.82, 2.24) is 5.32 Å². The fraction of sp³-hybridized carbons (Fsp3) is 0.500. The number of nitrogens with zero attached hydrogens (tertiary/aromatic N) is 1. The molecule has 82 valence electrons. The van der Waals surface area contributed by atoms with E-state index in [1.807, 2.05) is 0 Å². The minimum absolute atomic E-state index is 0.167. The average Bonchev–Trinajstić information content (AvgIpc) is 2.23. The summed E-state index contributed by atoms with van der Waals surface area (Å²) in [5, 5.41) is 3.52. The number of nitrogens with one attached hydrogen (secondary N) is 1. The number of rotatable bonds is 1. The van der Waals surface area contributed by atoms with Gasteiger partial charge in [0.05, 0.1) is 9.59 Å². The van der Waals surface area contributed by atoms with Crippen LogP contribution in [0.3, 0.4) is 0 Å². The predicted molar refractivity (Wildman–Crippen MR) is 73.7 cm³/mol. The topological polar surface area (TPSA) is 15.3 Å². The molecule has 2 nitrogen and oxygen atoms in total. The Bertz CT molecular complexity index is 324. The molecule has 1 heterocycles. The van der Waals surface area contributed by atoms with Gasteiger partial charge in [-0.05, 0) is 26.0 Å². The van der Waals surface area contributed by atoms with Gasteiger partial charge in [-0.1, -0.05) is 40.8 Å². The quantitative estimate of drug-likeness (QED) is 0.487. The lowest BCUT2D eigenvalue weighted by atomic mass is 9.99. The van der Waals surface area contributed by atoms with Gasteiger partial charge in [-0.25, -0.2) is 0 Å². The molecule has 3 heteroatoms. The van der Waals surface area contributed by atoms with Crippen LogP contribution in [0, 0.1) is 0 Å². The summed E-state index contributed by atoms with van der Waals surface area (Å²) in [5.41, 5.74) is 1.49. The summed E-state index contributed by atoms with van der Waals surface area (Å²) < 4.78 is 0.490. The highest BCUT2D eigenvalue weighted by Crippen LogP contribution is 2.31. The Kier molecular flexibility index (Phi) is 3.21. The number of hydrogen-bond acceptors (Lipinski definition) is 2. The third-order valence-corrected chi connectivity index (χ3v) is 5.01. The minimum atomic E-state index is 0.167. The van der Waals surface area contributed by atoms with E-state index in [9.17, 15) is 0 Å². The van der Waals surface area contributed by atoms with Crippen LogP contribution in [0.1, 0.15) is 13.8 Å². The maximum absolute atomic E-state index is 3.52. The lowest BCUT2D eigenvalue weighted by Gasteiger charge is -2.47. The molecule has 0 bridgehead atoms. The van der Waals surface area contributed by atoms with E-state index >= 15 is 0 Å². The Labute approximate surface area is 105 Å². The highest BCUT2D eigenvalue weighted by atomic mass is 127. The first-order valence-corrected chi connectivity index (χ1v) is 6.57. The minimum Gasteiger partial charge on any atom is -0.363 e. The van der Waals surface area contributed by atoms with Crippen molar-refractivity contribution in [2.75, 3.05) is 18.0 Å². The molecule has 1 atom stereocenters. The normalized spacial score (nSPS) is 25.3. The van der Waals surface area contributed by atoms with Gasteiger partial charge in [0, 0.05) is 18.8 Å². The van der Waals surface area contributed by atoms with E-state index in [1.54, 1.807) is 0 Å². The second kappa shape index (κ2) is 4.29. The lowest BCUT2D eigenvalue weighted by Crippen LogP contribution is -2.62. The Balaban J connectivity index is 2.28. The molecule has 2 rings (SSSR count). The van der Waals surface area contributed by atoms with Crippen molar-refractivity contribution in [3.8, 4) is 0 Å². The molecule has 0 aliphatic carbocycles. The molecule has 1 unspecified atom stereocenters. The Morgan fingerprint density at radius 2 is 2.00 bits per heavy atom. The first kappa shape index (κ1) is 11.2. The Morgan fingerprint density at radius 3 is 2.67 bits per heavy atom. The molecule has 1 fully saturated rings. The number of piperazine rings is 1. The molecule has 15 heavy (non-hydrogen) atoms. The zero-order valence-corrected chi connectivity index (χ0v) is 11.4. The van der Waals surface area contributed by atoms with Gasteiger partial charge in [0.25, 0.3) is 0 Å². The molecule has 1 aromatic rings. The van der Waals surface area contributed by atoms with E-state index in [0.29, 0.717) is 4.05 Å². The van der Waals surface area contributed by atoms with E-state index < -0.39 is 0 Å². The molecule has 1 aromatic carbocycles. The van der Waals surface area contributed by atoms with E-state index in [4.69, 9.17) is 0 Å². The van der Waals surface area contributed by atoms with Gasteiger partial charge in [-0.2, -0.15) is 0 Å².